The Morgan fingerprint density at radius 2 is 1.88 bits per heavy atom. The fourth-order valence-corrected chi connectivity index (χ4v) is 1.85. The van der Waals surface area contributed by atoms with Crippen LogP contribution in [0.3, 0.4) is 0 Å². The summed E-state index contributed by atoms with van der Waals surface area (Å²) in [5, 5.41) is 6.22. The topological polar surface area (TPSA) is 79.8 Å². The second-order valence-electron chi connectivity index (χ2n) is 4.72. The molecule has 0 fully saturated rings. The number of halogens is 1. The molecule has 2 aromatic rings. The molecule has 0 bridgehead atoms. The third-order valence-electron chi connectivity index (χ3n) is 3.05. The molecule has 2 aromatic carbocycles. The number of carbonyl (C=O) groups is 2. The predicted octanol–water partition coefficient (Wildman–Crippen LogP) is 1.71. The number of nitrogens with one attached hydrogen (secondary N) is 2. The lowest BCUT2D eigenvalue weighted by Gasteiger charge is -2.05. The molecule has 0 unspecified atom stereocenters. The average Bonchev–Trinajstić information content (AvgIpc) is 2.60. The smallest absolute Gasteiger partial charge is 0.259 e. The molecule has 0 aliphatic heterocycles. The van der Waals surface area contributed by atoms with Gasteiger partial charge in [-0.15, -0.1) is 0 Å². The molecule has 0 heterocycles. The molecule has 2 rings (SSSR count). The van der Waals surface area contributed by atoms with Crippen LogP contribution >= 0.6 is 0 Å². The number of methoxy groups -OCH3 is 1. The Labute approximate surface area is 138 Å². The van der Waals surface area contributed by atoms with Gasteiger partial charge in [-0.1, -0.05) is 12.1 Å². The van der Waals surface area contributed by atoms with Crippen LogP contribution in [-0.2, 0) is 4.79 Å². The number of hydrazone groups is 1. The highest BCUT2D eigenvalue weighted by Crippen LogP contribution is 2.14. The molecule has 0 saturated heterocycles. The zero-order valence-electron chi connectivity index (χ0n) is 13.0. The number of nitrogens with zero attached hydrogens (tertiary/aromatic N) is 1. The van der Waals surface area contributed by atoms with Crippen LogP contribution in [0, 0.1) is 5.82 Å². The van der Waals surface area contributed by atoms with Crippen LogP contribution < -0.4 is 15.5 Å². The molecule has 24 heavy (non-hydrogen) atoms. The van der Waals surface area contributed by atoms with Crippen LogP contribution in [0.5, 0.6) is 5.75 Å². The maximum atomic E-state index is 12.8. The first-order valence-corrected chi connectivity index (χ1v) is 7.09. The summed E-state index contributed by atoms with van der Waals surface area (Å²) in [6, 6.07) is 12.2. The molecule has 2 N–H and O–H groups in total. The molecule has 0 radical (unpaired) electrons. The molecule has 0 aliphatic carbocycles. The van der Waals surface area contributed by atoms with Gasteiger partial charge in [-0.2, -0.15) is 5.10 Å². The molecule has 0 aliphatic rings. The van der Waals surface area contributed by atoms with E-state index in [2.05, 4.69) is 15.8 Å². The van der Waals surface area contributed by atoms with E-state index in [1.54, 1.807) is 12.1 Å². The molecule has 0 atom stereocenters. The quantitative estimate of drug-likeness (QED) is 0.625. The Kier molecular flexibility index (Phi) is 6.01. The van der Waals surface area contributed by atoms with Crippen LogP contribution in [0.25, 0.3) is 0 Å². The summed E-state index contributed by atoms with van der Waals surface area (Å²) in [5.41, 5.74) is 3.27. The first kappa shape index (κ1) is 17.1. The lowest BCUT2D eigenvalue weighted by molar-refractivity contribution is -0.120. The Morgan fingerprint density at radius 1 is 1.17 bits per heavy atom. The fourth-order valence-electron chi connectivity index (χ4n) is 1.85. The van der Waals surface area contributed by atoms with E-state index >= 15 is 0 Å². The molecular weight excluding hydrogens is 313 g/mol. The van der Waals surface area contributed by atoms with Crippen molar-refractivity contribution in [1.29, 1.82) is 0 Å². The highest BCUT2D eigenvalue weighted by atomic mass is 19.1. The minimum atomic E-state index is -0.489. The summed E-state index contributed by atoms with van der Waals surface area (Å²) in [7, 11) is 1.54. The number of rotatable bonds is 6. The van der Waals surface area contributed by atoms with Gasteiger partial charge in [0.15, 0.2) is 0 Å². The summed E-state index contributed by atoms with van der Waals surface area (Å²) < 4.78 is 17.9. The average molecular weight is 329 g/mol. The SMILES string of the molecule is COc1ccccc1C=NNC(=O)CNC(=O)c1ccc(F)cc1. The van der Waals surface area contributed by atoms with Gasteiger partial charge in [-0.3, -0.25) is 9.59 Å². The molecule has 7 heteroatoms. The summed E-state index contributed by atoms with van der Waals surface area (Å²) in [4.78, 5) is 23.4. The van der Waals surface area contributed by atoms with Gasteiger partial charge in [-0.05, 0) is 36.4 Å². The first-order chi connectivity index (χ1) is 11.6. The standard InChI is InChI=1S/C17H16FN3O3/c1-24-15-5-3-2-4-13(15)10-20-21-16(22)11-19-17(23)12-6-8-14(18)9-7-12/h2-10H,11H2,1H3,(H,19,23)(H,21,22). The van der Waals surface area contributed by atoms with E-state index < -0.39 is 17.6 Å². The van der Waals surface area contributed by atoms with Crippen molar-refractivity contribution in [2.24, 2.45) is 5.10 Å². The van der Waals surface area contributed by atoms with E-state index in [9.17, 15) is 14.0 Å². The van der Waals surface area contributed by atoms with E-state index in [4.69, 9.17) is 4.74 Å². The number of carbonyl (C=O) groups excluding carboxylic acids is 2. The van der Waals surface area contributed by atoms with Crippen molar-refractivity contribution in [2.45, 2.75) is 0 Å². The first-order valence-electron chi connectivity index (χ1n) is 7.09. The number of hydrogen-bond donors (Lipinski definition) is 2. The Bertz CT molecular complexity index is 745. The highest BCUT2D eigenvalue weighted by Gasteiger charge is 2.07. The second kappa shape index (κ2) is 8.42. The van der Waals surface area contributed by atoms with Crippen molar-refractivity contribution >= 4 is 18.0 Å². The summed E-state index contributed by atoms with van der Waals surface area (Å²) in [5.74, 6) is -0.773. The lowest BCUT2D eigenvalue weighted by atomic mass is 10.2. The third-order valence-corrected chi connectivity index (χ3v) is 3.05. The van der Waals surface area contributed by atoms with Crippen molar-refractivity contribution in [1.82, 2.24) is 10.7 Å². The Morgan fingerprint density at radius 3 is 2.58 bits per heavy atom. The Hall–Kier alpha value is -3.22. The lowest BCUT2D eigenvalue weighted by Crippen LogP contribution is -2.34. The molecule has 2 amide bonds. The van der Waals surface area contributed by atoms with E-state index in [0.29, 0.717) is 11.3 Å². The van der Waals surface area contributed by atoms with Gasteiger partial charge in [0.05, 0.1) is 19.9 Å². The van der Waals surface area contributed by atoms with E-state index in [0.717, 1.165) is 0 Å². The third kappa shape index (κ3) is 4.91. The van der Waals surface area contributed by atoms with Crippen molar-refractivity contribution < 1.29 is 18.7 Å². The largest absolute Gasteiger partial charge is 0.496 e. The van der Waals surface area contributed by atoms with Gasteiger partial charge < -0.3 is 10.1 Å². The second-order valence-corrected chi connectivity index (χ2v) is 4.72. The maximum absolute atomic E-state index is 12.8. The van der Waals surface area contributed by atoms with Gasteiger partial charge in [0, 0.05) is 11.1 Å². The van der Waals surface area contributed by atoms with Crippen LogP contribution in [0.4, 0.5) is 4.39 Å². The molecular formula is C17H16FN3O3. The molecule has 6 nitrogen and oxygen atoms in total. The number of para-hydroxylation sites is 1. The molecule has 0 spiro atoms. The van der Waals surface area contributed by atoms with Gasteiger partial charge in [-0.25, -0.2) is 9.82 Å². The van der Waals surface area contributed by atoms with Crippen molar-refractivity contribution in [3.8, 4) is 5.75 Å². The zero-order chi connectivity index (χ0) is 17.4. The van der Waals surface area contributed by atoms with Crippen molar-refractivity contribution in [3.05, 3.63) is 65.5 Å². The minimum Gasteiger partial charge on any atom is -0.496 e. The van der Waals surface area contributed by atoms with Gasteiger partial charge in [0.1, 0.15) is 11.6 Å². The number of ether oxygens (including phenoxy) is 1. The summed E-state index contributed by atoms with van der Waals surface area (Å²) in [6.07, 6.45) is 1.44. The van der Waals surface area contributed by atoms with E-state index in [-0.39, 0.29) is 12.1 Å². The fraction of sp³-hybridized carbons (Fsp3) is 0.118. The van der Waals surface area contributed by atoms with Crippen LogP contribution in [0.2, 0.25) is 0 Å². The van der Waals surface area contributed by atoms with Crippen LogP contribution in [-0.4, -0.2) is 31.7 Å². The van der Waals surface area contributed by atoms with Crippen molar-refractivity contribution in [2.75, 3.05) is 13.7 Å². The summed E-state index contributed by atoms with van der Waals surface area (Å²) >= 11 is 0. The maximum Gasteiger partial charge on any atom is 0.259 e. The van der Waals surface area contributed by atoms with E-state index in [1.165, 1.54) is 37.6 Å². The van der Waals surface area contributed by atoms with Crippen LogP contribution in [0.15, 0.2) is 53.6 Å². The molecule has 0 aromatic heterocycles. The predicted molar refractivity (Wildman–Crippen MR) is 87.5 cm³/mol. The Balaban J connectivity index is 1.82. The minimum absolute atomic E-state index is 0.251. The van der Waals surface area contributed by atoms with Crippen molar-refractivity contribution in [3.63, 3.8) is 0 Å². The number of hydrogen-bond acceptors (Lipinski definition) is 4. The van der Waals surface area contributed by atoms with E-state index in [1.807, 2.05) is 12.1 Å². The highest BCUT2D eigenvalue weighted by molar-refractivity contribution is 5.96. The number of amides is 2. The monoisotopic (exact) mass is 329 g/mol. The van der Waals surface area contributed by atoms with Gasteiger partial charge in [0.25, 0.3) is 11.8 Å². The zero-order valence-corrected chi connectivity index (χ0v) is 13.0. The normalized spacial score (nSPS) is 10.4. The molecule has 124 valence electrons. The number of benzene rings is 2. The summed E-state index contributed by atoms with van der Waals surface area (Å²) in [6.45, 7) is -0.251. The van der Waals surface area contributed by atoms with Crippen LogP contribution in [0.1, 0.15) is 15.9 Å². The molecule has 0 saturated carbocycles. The van der Waals surface area contributed by atoms with Gasteiger partial charge in [0.2, 0.25) is 0 Å². The van der Waals surface area contributed by atoms with Gasteiger partial charge >= 0.3 is 0 Å².